The van der Waals surface area contributed by atoms with E-state index in [0.717, 1.165) is 50.6 Å². The zero-order chi connectivity index (χ0) is 45.7. The number of hydrogen-bond donors (Lipinski definition) is 0. The van der Waals surface area contributed by atoms with E-state index in [1.165, 1.54) is 64.0 Å². The van der Waals surface area contributed by atoms with Crippen molar-refractivity contribution in [1.82, 2.24) is 19.5 Å². The molecule has 1 aliphatic heterocycles. The number of rotatable bonds is 7. The molecule has 1 spiro atoms. The van der Waals surface area contributed by atoms with Crippen LogP contribution < -0.4 is 25.6 Å². The smallest absolute Gasteiger partial charge is 0.240 e. The van der Waals surface area contributed by atoms with E-state index >= 15 is 0 Å². The standard InChI is InChI=1S/C62H48N6Si/c63-40-41-31-32-56-52(38-41)51-25-10-13-28-55(51)67(56)60-64-59(44-17-16-24-50(39-44)69(47-18-4-1-5-19-47,48-20-6-2-7-21-48)49-22-8-3-9-23-49)65-61(66-60)68-57-29-14-11-26-53(57)62(54-27-12-15-30-58(54)68)45-34-42-33-43(36-45)37-46(62)35-42/h1-32,38-39,42-43,45-46H,33-37H2. The van der Waals surface area contributed by atoms with Gasteiger partial charge >= 0.3 is 0 Å². The molecule has 4 aliphatic carbocycles. The lowest BCUT2D eigenvalue weighted by atomic mass is 9.41. The minimum Gasteiger partial charge on any atom is -0.278 e. The van der Waals surface area contributed by atoms with Gasteiger partial charge in [-0.15, -0.1) is 0 Å². The molecule has 0 saturated heterocycles. The number of aromatic nitrogens is 4. The summed E-state index contributed by atoms with van der Waals surface area (Å²) in [6, 6.07) is 77.3. The Balaban J connectivity index is 1.04. The first-order chi connectivity index (χ1) is 34.1. The van der Waals surface area contributed by atoms with Crippen molar-refractivity contribution in [2.45, 2.75) is 37.5 Å². The van der Waals surface area contributed by atoms with Crippen LogP contribution >= 0.6 is 0 Å². The molecule has 4 fully saturated rings. The zero-order valence-corrected chi connectivity index (χ0v) is 39.2. The van der Waals surface area contributed by atoms with Crippen LogP contribution in [0.1, 0.15) is 48.8 Å². The minimum atomic E-state index is -2.90. The van der Waals surface area contributed by atoms with Gasteiger partial charge in [0.2, 0.25) is 11.9 Å². The molecular weight excluding hydrogens is 857 g/mol. The Hall–Kier alpha value is -7.92. The van der Waals surface area contributed by atoms with Gasteiger partial charge in [0.25, 0.3) is 0 Å². The largest absolute Gasteiger partial charge is 0.278 e. The van der Waals surface area contributed by atoms with Crippen molar-refractivity contribution in [3.63, 3.8) is 0 Å². The van der Waals surface area contributed by atoms with E-state index in [-0.39, 0.29) is 5.41 Å². The highest BCUT2D eigenvalue weighted by Gasteiger charge is 2.61. The van der Waals surface area contributed by atoms with E-state index in [9.17, 15) is 5.26 Å². The van der Waals surface area contributed by atoms with Crippen LogP contribution in [-0.2, 0) is 5.41 Å². The minimum absolute atomic E-state index is 0.0598. The summed E-state index contributed by atoms with van der Waals surface area (Å²) < 4.78 is 2.17. The molecule has 0 unspecified atom stereocenters. The third-order valence-electron chi connectivity index (χ3n) is 16.6. The van der Waals surface area contributed by atoms with E-state index < -0.39 is 8.07 Å². The predicted molar refractivity (Wildman–Crippen MR) is 280 cm³/mol. The average Bonchev–Trinajstić information content (AvgIpc) is 3.74. The summed E-state index contributed by atoms with van der Waals surface area (Å²) >= 11 is 0. The number of anilines is 3. The lowest BCUT2D eigenvalue weighted by molar-refractivity contribution is -0.0419. The predicted octanol–water partition coefficient (Wildman–Crippen LogP) is 11.4. The number of benzene rings is 8. The number of nitrogens with zero attached hydrogens (tertiary/aromatic N) is 6. The first-order valence-corrected chi connectivity index (χ1v) is 26.6. The fourth-order valence-electron chi connectivity index (χ4n) is 14.2. The van der Waals surface area contributed by atoms with Crippen molar-refractivity contribution in [3.8, 4) is 23.4 Å². The quantitative estimate of drug-likeness (QED) is 0.118. The van der Waals surface area contributed by atoms with Gasteiger partial charge in [-0.2, -0.15) is 20.2 Å². The van der Waals surface area contributed by atoms with Crippen molar-refractivity contribution >= 4 is 67.9 Å². The molecule has 5 aliphatic rings. The summed E-state index contributed by atoms with van der Waals surface area (Å²) in [5, 5.41) is 17.2. The molecule has 69 heavy (non-hydrogen) atoms. The maximum Gasteiger partial charge on any atom is 0.240 e. The Morgan fingerprint density at radius 3 is 1.59 bits per heavy atom. The molecule has 0 N–H and O–H groups in total. The molecule has 0 atom stereocenters. The van der Waals surface area contributed by atoms with Crippen LogP contribution in [0, 0.1) is 35.0 Å². The second kappa shape index (κ2) is 15.6. The van der Waals surface area contributed by atoms with Crippen LogP contribution in [0.25, 0.3) is 39.1 Å². The van der Waals surface area contributed by atoms with Crippen molar-refractivity contribution < 1.29 is 0 Å². The Kier molecular flexibility index (Phi) is 9.06. The second-order valence-electron chi connectivity index (χ2n) is 19.9. The Morgan fingerprint density at radius 1 is 0.464 bits per heavy atom. The first kappa shape index (κ1) is 40.2. The topological polar surface area (TPSA) is 70.6 Å². The molecule has 0 amide bonds. The fraction of sp³-hybridized carbons (Fsp3) is 0.161. The van der Waals surface area contributed by atoms with Gasteiger partial charge in [-0.05, 0) is 124 Å². The van der Waals surface area contributed by atoms with Gasteiger partial charge < -0.3 is 0 Å². The van der Waals surface area contributed by atoms with E-state index in [1.807, 2.05) is 18.2 Å². The summed E-state index contributed by atoms with van der Waals surface area (Å²) in [6.07, 6.45) is 6.60. The molecule has 2 aromatic heterocycles. The van der Waals surface area contributed by atoms with E-state index in [2.05, 4.69) is 204 Å². The van der Waals surface area contributed by atoms with Crippen LogP contribution in [-0.4, -0.2) is 27.6 Å². The normalized spacial score (nSPS) is 19.7. The third-order valence-corrected chi connectivity index (χ3v) is 21.4. The zero-order valence-electron chi connectivity index (χ0n) is 38.2. The summed E-state index contributed by atoms with van der Waals surface area (Å²) in [5.74, 6) is 4.58. The summed E-state index contributed by atoms with van der Waals surface area (Å²) in [6.45, 7) is 0. The Morgan fingerprint density at radius 2 is 0.986 bits per heavy atom. The van der Waals surface area contributed by atoms with Gasteiger partial charge in [-0.1, -0.05) is 170 Å². The van der Waals surface area contributed by atoms with Crippen LogP contribution in [0.3, 0.4) is 0 Å². The molecular formula is C62H48N6Si. The number of nitriles is 1. The van der Waals surface area contributed by atoms with Gasteiger partial charge in [0.15, 0.2) is 13.9 Å². The fourth-order valence-corrected chi connectivity index (χ4v) is 19.0. The van der Waals surface area contributed by atoms with Crippen molar-refractivity contribution in [1.29, 1.82) is 5.26 Å². The van der Waals surface area contributed by atoms with Crippen LogP contribution in [0.15, 0.2) is 206 Å². The second-order valence-corrected chi connectivity index (χ2v) is 23.7. The van der Waals surface area contributed by atoms with Crippen molar-refractivity contribution in [2.75, 3.05) is 4.90 Å². The SMILES string of the molecule is N#Cc1ccc2c(c1)c1ccccc1n2-c1nc(-c2cccc([Si](c3ccccc3)(c3ccccc3)c3ccccc3)c2)nc(N2c3ccccc3C3(c4ccccc42)C2CC4CC(C2)CC3C4)n1. The van der Waals surface area contributed by atoms with Crippen LogP contribution in [0.4, 0.5) is 17.3 Å². The molecule has 0 radical (unpaired) electrons. The van der Waals surface area contributed by atoms with Crippen LogP contribution in [0.2, 0.25) is 0 Å². The Labute approximate surface area is 403 Å². The lowest BCUT2D eigenvalue weighted by Gasteiger charge is -2.64. The summed E-state index contributed by atoms with van der Waals surface area (Å²) in [7, 11) is -2.90. The molecule has 10 aromatic rings. The summed E-state index contributed by atoms with van der Waals surface area (Å²) in [4.78, 5) is 19.2. The van der Waals surface area contributed by atoms with Crippen LogP contribution in [0.5, 0.6) is 0 Å². The molecule has 15 rings (SSSR count). The van der Waals surface area contributed by atoms with Gasteiger partial charge in [0, 0.05) is 21.8 Å². The maximum atomic E-state index is 10.1. The summed E-state index contributed by atoms with van der Waals surface area (Å²) in [5.41, 5.74) is 8.51. The van der Waals surface area contributed by atoms with Gasteiger partial charge in [-0.3, -0.25) is 9.47 Å². The lowest BCUT2D eigenvalue weighted by Crippen LogP contribution is -2.74. The monoisotopic (exact) mass is 904 g/mol. The number of para-hydroxylation sites is 3. The number of hydrogen-bond acceptors (Lipinski definition) is 5. The van der Waals surface area contributed by atoms with Crippen molar-refractivity contribution in [3.05, 3.63) is 223 Å². The number of fused-ring (bicyclic) bond motifs is 5. The maximum absolute atomic E-state index is 10.1. The molecule has 8 aromatic carbocycles. The Bertz CT molecular complexity index is 3500. The first-order valence-electron chi connectivity index (χ1n) is 24.6. The highest BCUT2D eigenvalue weighted by molar-refractivity contribution is 7.19. The average molecular weight is 905 g/mol. The van der Waals surface area contributed by atoms with Gasteiger partial charge in [0.1, 0.15) is 0 Å². The molecule has 7 heteroatoms. The highest BCUT2D eigenvalue weighted by Crippen LogP contribution is 2.69. The third kappa shape index (κ3) is 5.85. The van der Waals surface area contributed by atoms with E-state index in [4.69, 9.17) is 15.0 Å². The molecule has 3 heterocycles. The van der Waals surface area contributed by atoms with Gasteiger partial charge in [-0.25, -0.2) is 0 Å². The molecule has 4 saturated carbocycles. The highest BCUT2D eigenvalue weighted by atomic mass is 28.3. The van der Waals surface area contributed by atoms with E-state index in [1.54, 1.807) is 0 Å². The van der Waals surface area contributed by atoms with Gasteiger partial charge in [0.05, 0.1) is 34.0 Å². The molecule has 4 bridgehead atoms. The van der Waals surface area contributed by atoms with E-state index in [0.29, 0.717) is 35.1 Å². The molecule has 330 valence electrons. The molecule has 6 nitrogen and oxygen atoms in total. The van der Waals surface area contributed by atoms with Crippen molar-refractivity contribution in [2.24, 2.45) is 23.7 Å².